The normalized spacial score (nSPS) is 17.2. The van der Waals surface area contributed by atoms with Crippen LogP contribution in [0, 0.1) is 5.92 Å². The number of rotatable bonds is 3. The first-order valence-electron chi connectivity index (χ1n) is 6.32. The highest BCUT2D eigenvalue weighted by atomic mass is 16.5. The van der Waals surface area contributed by atoms with Crippen LogP contribution in [0.3, 0.4) is 0 Å². The molecule has 1 saturated heterocycles. The van der Waals surface area contributed by atoms with Gasteiger partial charge in [0.05, 0.1) is 7.11 Å². The van der Waals surface area contributed by atoms with E-state index in [1.54, 1.807) is 7.11 Å². The molecule has 1 aliphatic heterocycles. The van der Waals surface area contributed by atoms with Crippen LogP contribution in [0.1, 0.15) is 18.7 Å². The maximum Gasteiger partial charge on any atom is 0.164 e. The lowest BCUT2D eigenvalue weighted by Crippen LogP contribution is -2.18. The van der Waals surface area contributed by atoms with Crippen molar-refractivity contribution in [3.63, 3.8) is 0 Å². The van der Waals surface area contributed by atoms with Crippen LogP contribution in [-0.2, 0) is 11.2 Å². The SMILES string of the molecule is COc1ccn2c(CC3CCOCC3)nnc2c1. The van der Waals surface area contributed by atoms with E-state index in [1.807, 2.05) is 22.7 Å². The molecule has 5 nitrogen and oxygen atoms in total. The topological polar surface area (TPSA) is 48.7 Å². The van der Waals surface area contributed by atoms with Gasteiger partial charge in [-0.1, -0.05) is 0 Å². The molecule has 0 aromatic carbocycles. The number of fused-ring (bicyclic) bond motifs is 1. The molecule has 0 aliphatic carbocycles. The molecule has 1 fully saturated rings. The van der Waals surface area contributed by atoms with Crippen LogP contribution in [0.25, 0.3) is 5.65 Å². The molecule has 18 heavy (non-hydrogen) atoms. The largest absolute Gasteiger partial charge is 0.497 e. The van der Waals surface area contributed by atoms with E-state index in [9.17, 15) is 0 Å². The number of methoxy groups -OCH3 is 1. The van der Waals surface area contributed by atoms with Gasteiger partial charge in [-0.2, -0.15) is 0 Å². The number of ether oxygens (including phenoxy) is 2. The molecular weight excluding hydrogens is 230 g/mol. The molecule has 1 aliphatic rings. The Hall–Kier alpha value is -1.62. The van der Waals surface area contributed by atoms with Gasteiger partial charge in [0.2, 0.25) is 0 Å². The first-order chi connectivity index (χ1) is 8.86. The second kappa shape index (κ2) is 4.94. The van der Waals surface area contributed by atoms with Crippen LogP contribution in [0.4, 0.5) is 0 Å². The van der Waals surface area contributed by atoms with Crippen molar-refractivity contribution in [3.8, 4) is 5.75 Å². The van der Waals surface area contributed by atoms with Crippen LogP contribution in [0.2, 0.25) is 0 Å². The van der Waals surface area contributed by atoms with Gasteiger partial charge in [0.1, 0.15) is 11.6 Å². The highest BCUT2D eigenvalue weighted by Gasteiger charge is 2.17. The third kappa shape index (κ3) is 2.18. The molecule has 0 radical (unpaired) electrons. The van der Waals surface area contributed by atoms with Crippen LogP contribution in [0.15, 0.2) is 18.3 Å². The van der Waals surface area contributed by atoms with Gasteiger partial charge in [-0.3, -0.25) is 4.40 Å². The fourth-order valence-corrected chi connectivity index (χ4v) is 2.40. The van der Waals surface area contributed by atoms with Gasteiger partial charge in [-0.05, 0) is 24.8 Å². The molecule has 0 saturated carbocycles. The Morgan fingerprint density at radius 2 is 2.22 bits per heavy atom. The molecule has 0 atom stereocenters. The minimum Gasteiger partial charge on any atom is -0.497 e. The summed E-state index contributed by atoms with van der Waals surface area (Å²) in [5.41, 5.74) is 0.844. The predicted octanol–water partition coefficient (Wildman–Crippen LogP) is 1.71. The molecular formula is C13H17N3O2. The summed E-state index contributed by atoms with van der Waals surface area (Å²) in [6, 6.07) is 3.84. The predicted molar refractivity (Wildman–Crippen MR) is 66.8 cm³/mol. The second-order valence-corrected chi connectivity index (χ2v) is 4.67. The fourth-order valence-electron chi connectivity index (χ4n) is 2.40. The maximum atomic E-state index is 5.38. The minimum absolute atomic E-state index is 0.660. The van der Waals surface area contributed by atoms with Gasteiger partial charge in [0.25, 0.3) is 0 Å². The zero-order chi connectivity index (χ0) is 12.4. The molecule has 0 bridgehead atoms. The first kappa shape index (κ1) is 11.5. The zero-order valence-electron chi connectivity index (χ0n) is 10.5. The Balaban J connectivity index is 1.83. The van der Waals surface area contributed by atoms with Crippen LogP contribution < -0.4 is 4.74 Å². The van der Waals surface area contributed by atoms with E-state index in [0.29, 0.717) is 5.92 Å². The van der Waals surface area contributed by atoms with Gasteiger partial charge in [-0.15, -0.1) is 10.2 Å². The van der Waals surface area contributed by atoms with E-state index < -0.39 is 0 Å². The van der Waals surface area contributed by atoms with Crippen molar-refractivity contribution in [1.82, 2.24) is 14.6 Å². The molecule has 3 heterocycles. The van der Waals surface area contributed by atoms with Crippen molar-refractivity contribution >= 4 is 5.65 Å². The molecule has 0 N–H and O–H groups in total. The summed E-state index contributed by atoms with van der Waals surface area (Å²) in [7, 11) is 1.66. The monoisotopic (exact) mass is 247 g/mol. The maximum absolute atomic E-state index is 5.38. The van der Waals surface area contributed by atoms with Gasteiger partial charge in [0.15, 0.2) is 5.65 Å². The summed E-state index contributed by atoms with van der Waals surface area (Å²) in [5.74, 6) is 2.50. The van der Waals surface area contributed by atoms with E-state index in [0.717, 1.165) is 49.7 Å². The number of hydrogen-bond acceptors (Lipinski definition) is 4. The minimum atomic E-state index is 0.660. The highest BCUT2D eigenvalue weighted by molar-refractivity contribution is 5.44. The van der Waals surface area contributed by atoms with Crippen molar-refractivity contribution in [2.24, 2.45) is 5.92 Å². The summed E-state index contributed by atoms with van der Waals surface area (Å²) in [4.78, 5) is 0. The van der Waals surface area contributed by atoms with Crippen molar-refractivity contribution in [3.05, 3.63) is 24.2 Å². The number of hydrogen-bond donors (Lipinski definition) is 0. The van der Waals surface area contributed by atoms with Gasteiger partial charge in [0, 0.05) is 31.9 Å². The molecule has 5 heteroatoms. The Morgan fingerprint density at radius 1 is 1.39 bits per heavy atom. The Kier molecular flexibility index (Phi) is 3.15. The molecule has 0 spiro atoms. The van der Waals surface area contributed by atoms with Crippen molar-refractivity contribution < 1.29 is 9.47 Å². The summed E-state index contributed by atoms with van der Waals surface area (Å²) in [6.45, 7) is 1.74. The molecule has 3 rings (SSSR count). The number of aromatic nitrogens is 3. The van der Waals surface area contributed by atoms with Gasteiger partial charge >= 0.3 is 0 Å². The van der Waals surface area contributed by atoms with Crippen molar-refractivity contribution in [1.29, 1.82) is 0 Å². The Bertz CT molecular complexity index is 532. The molecule has 2 aromatic heterocycles. The molecule has 0 amide bonds. The van der Waals surface area contributed by atoms with E-state index in [4.69, 9.17) is 9.47 Å². The van der Waals surface area contributed by atoms with Crippen LogP contribution in [-0.4, -0.2) is 34.9 Å². The van der Waals surface area contributed by atoms with E-state index in [-0.39, 0.29) is 0 Å². The van der Waals surface area contributed by atoms with Crippen LogP contribution >= 0.6 is 0 Å². The Labute approximate surface area is 106 Å². The smallest absolute Gasteiger partial charge is 0.164 e. The Morgan fingerprint density at radius 3 is 3.00 bits per heavy atom. The summed E-state index contributed by atoms with van der Waals surface area (Å²) in [5, 5.41) is 8.48. The molecule has 2 aromatic rings. The van der Waals surface area contributed by atoms with Crippen molar-refractivity contribution in [2.75, 3.05) is 20.3 Å². The summed E-state index contributed by atoms with van der Waals surface area (Å²) < 4.78 is 12.6. The summed E-state index contributed by atoms with van der Waals surface area (Å²) >= 11 is 0. The third-order valence-corrected chi connectivity index (χ3v) is 3.50. The highest BCUT2D eigenvalue weighted by Crippen LogP contribution is 2.20. The standard InChI is InChI=1S/C13H17N3O2/c1-17-11-2-5-16-12(14-15-13(16)9-11)8-10-3-6-18-7-4-10/h2,5,9-10H,3-4,6-8H2,1H3. The average Bonchev–Trinajstić information content (AvgIpc) is 2.82. The van der Waals surface area contributed by atoms with Crippen LogP contribution in [0.5, 0.6) is 5.75 Å². The number of nitrogens with zero attached hydrogens (tertiary/aromatic N) is 3. The first-order valence-corrected chi connectivity index (χ1v) is 6.32. The lowest BCUT2D eigenvalue weighted by Gasteiger charge is -2.20. The molecule has 96 valence electrons. The van der Waals surface area contributed by atoms with E-state index in [1.165, 1.54) is 0 Å². The third-order valence-electron chi connectivity index (χ3n) is 3.50. The molecule has 0 unspecified atom stereocenters. The lowest BCUT2D eigenvalue weighted by atomic mass is 9.96. The zero-order valence-corrected chi connectivity index (χ0v) is 10.5. The van der Waals surface area contributed by atoms with E-state index >= 15 is 0 Å². The average molecular weight is 247 g/mol. The lowest BCUT2D eigenvalue weighted by molar-refractivity contribution is 0.0659. The summed E-state index contributed by atoms with van der Waals surface area (Å²) in [6.07, 6.45) is 5.18. The number of pyridine rings is 1. The van der Waals surface area contributed by atoms with E-state index in [2.05, 4.69) is 10.2 Å². The van der Waals surface area contributed by atoms with Gasteiger partial charge in [-0.25, -0.2) is 0 Å². The second-order valence-electron chi connectivity index (χ2n) is 4.67. The quantitative estimate of drug-likeness (QED) is 0.828. The van der Waals surface area contributed by atoms with Gasteiger partial charge < -0.3 is 9.47 Å². The fraction of sp³-hybridized carbons (Fsp3) is 0.538. The van der Waals surface area contributed by atoms with Crippen molar-refractivity contribution in [2.45, 2.75) is 19.3 Å².